The number of methoxy groups -OCH3 is 1. The number of sulfone groups is 1. The van der Waals surface area contributed by atoms with Gasteiger partial charge < -0.3 is 9.64 Å². The van der Waals surface area contributed by atoms with Crippen molar-refractivity contribution >= 4 is 32.7 Å². The van der Waals surface area contributed by atoms with Gasteiger partial charge in [-0.15, -0.1) is 0 Å². The van der Waals surface area contributed by atoms with E-state index in [4.69, 9.17) is 4.74 Å². The Hall–Kier alpha value is -1.54. The fourth-order valence-corrected chi connectivity index (χ4v) is 8.24. The van der Waals surface area contributed by atoms with E-state index in [-0.39, 0.29) is 34.6 Å². The molecule has 0 radical (unpaired) electrons. The van der Waals surface area contributed by atoms with Crippen molar-refractivity contribution in [3.05, 3.63) is 29.8 Å². The second kappa shape index (κ2) is 8.06. The van der Waals surface area contributed by atoms with E-state index in [0.717, 1.165) is 37.0 Å². The van der Waals surface area contributed by atoms with Crippen LogP contribution in [0, 0.1) is 5.92 Å². The Morgan fingerprint density at radius 2 is 1.89 bits per heavy atom. The van der Waals surface area contributed by atoms with E-state index in [2.05, 4.69) is 4.99 Å². The van der Waals surface area contributed by atoms with Gasteiger partial charge in [0.15, 0.2) is 15.0 Å². The molecule has 152 valence electrons. The summed E-state index contributed by atoms with van der Waals surface area (Å²) in [5, 5.41) is 0.650. The second-order valence-corrected chi connectivity index (χ2v) is 11.2. The van der Waals surface area contributed by atoms with E-state index in [1.54, 1.807) is 7.11 Å². The largest absolute Gasteiger partial charge is 0.497 e. The molecule has 0 aromatic heterocycles. The number of thioether (sulfide) groups is 1. The van der Waals surface area contributed by atoms with Gasteiger partial charge in [0, 0.05) is 17.7 Å². The normalized spacial score (nSPS) is 28.5. The Labute approximate surface area is 170 Å². The lowest BCUT2D eigenvalue weighted by Gasteiger charge is -2.25. The van der Waals surface area contributed by atoms with E-state index >= 15 is 0 Å². The Morgan fingerprint density at radius 1 is 1.18 bits per heavy atom. The molecule has 4 rings (SSSR count). The topological polar surface area (TPSA) is 76.0 Å². The molecule has 2 saturated heterocycles. The van der Waals surface area contributed by atoms with Crippen molar-refractivity contribution < 1.29 is 17.9 Å². The smallest absolute Gasteiger partial charge is 0.251 e. The molecule has 3 fully saturated rings. The van der Waals surface area contributed by atoms with E-state index in [0.29, 0.717) is 11.7 Å². The summed E-state index contributed by atoms with van der Waals surface area (Å²) in [7, 11) is -1.41. The Bertz CT molecular complexity index is 861. The number of carbonyl (C=O) groups excluding carboxylic acids is 1. The third kappa shape index (κ3) is 4.22. The standard InChI is InChI=1S/C20H26N2O4S2/c1-26-16-9-7-14(8-10-16)11-22-17-12-28(24,25)13-18(17)27-20(22)21-19(23)15-5-3-2-4-6-15/h7-10,15,17-18H,2-6,11-13H2,1H3/t17-,18-/m0/s1. The molecule has 1 aliphatic carbocycles. The first kappa shape index (κ1) is 19.8. The molecule has 0 bridgehead atoms. The quantitative estimate of drug-likeness (QED) is 0.743. The van der Waals surface area contributed by atoms with Gasteiger partial charge in [-0.2, -0.15) is 4.99 Å². The Morgan fingerprint density at radius 3 is 2.57 bits per heavy atom. The first-order chi connectivity index (χ1) is 13.4. The molecule has 2 atom stereocenters. The third-order valence-electron chi connectivity index (χ3n) is 5.85. The molecule has 28 heavy (non-hydrogen) atoms. The van der Waals surface area contributed by atoms with Gasteiger partial charge >= 0.3 is 0 Å². The number of hydrogen-bond acceptors (Lipinski definition) is 5. The van der Waals surface area contributed by atoms with Gasteiger partial charge in [-0.3, -0.25) is 4.79 Å². The predicted octanol–water partition coefficient (Wildman–Crippen LogP) is 2.87. The third-order valence-corrected chi connectivity index (χ3v) is 9.09. The van der Waals surface area contributed by atoms with Gasteiger partial charge in [-0.05, 0) is 30.5 Å². The summed E-state index contributed by atoms with van der Waals surface area (Å²) in [6, 6.07) is 7.62. The van der Waals surface area contributed by atoms with Crippen LogP contribution < -0.4 is 4.74 Å². The van der Waals surface area contributed by atoms with Crippen LogP contribution in [0.25, 0.3) is 0 Å². The second-order valence-electron chi connectivity index (χ2n) is 7.84. The molecule has 0 N–H and O–H groups in total. The molecule has 2 heterocycles. The number of carbonyl (C=O) groups is 1. The summed E-state index contributed by atoms with van der Waals surface area (Å²) >= 11 is 1.46. The van der Waals surface area contributed by atoms with Crippen LogP contribution in [0.1, 0.15) is 37.7 Å². The van der Waals surface area contributed by atoms with Gasteiger partial charge in [-0.25, -0.2) is 8.42 Å². The summed E-state index contributed by atoms with van der Waals surface area (Å²) in [6.45, 7) is 0.546. The van der Waals surface area contributed by atoms with Crippen LogP contribution in [0.4, 0.5) is 0 Å². The lowest BCUT2D eigenvalue weighted by molar-refractivity contribution is -0.122. The van der Waals surface area contributed by atoms with Crippen molar-refractivity contribution in [2.75, 3.05) is 18.6 Å². The SMILES string of the molecule is COc1ccc(CN2C(=NC(=O)C3CCCCC3)S[C@H]3CS(=O)(=O)C[C@@H]32)cc1. The summed E-state index contributed by atoms with van der Waals surface area (Å²) in [5.74, 6) is 1.07. The highest BCUT2D eigenvalue weighted by atomic mass is 32.2. The average molecular weight is 423 g/mol. The van der Waals surface area contributed by atoms with Gasteiger partial charge in [0.2, 0.25) is 0 Å². The molecule has 8 heteroatoms. The first-order valence-electron chi connectivity index (χ1n) is 9.84. The van der Waals surface area contributed by atoms with Crippen molar-refractivity contribution in [1.82, 2.24) is 4.90 Å². The lowest BCUT2D eigenvalue weighted by Crippen LogP contribution is -2.37. The van der Waals surface area contributed by atoms with Crippen molar-refractivity contribution in [3.63, 3.8) is 0 Å². The number of aliphatic imine (C=N–C) groups is 1. The highest BCUT2D eigenvalue weighted by molar-refractivity contribution is 8.15. The fraction of sp³-hybridized carbons (Fsp3) is 0.600. The van der Waals surface area contributed by atoms with E-state index in [1.165, 1.54) is 18.2 Å². The number of hydrogen-bond donors (Lipinski definition) is 0. The van der Waals surface area contributed by atoms with Crippen LogP contribution in [0.2, 0.25) is 0 Å². The Kier molecular flexibility index (Phi) is 5.69. The molecular weight excluding hydrogens is 396 g/mol. The summed E-state index contributed by atoms with van der Waals surface area (Å²) in [5.41, 5.74) is 1.05. The van der Waals surface area contributed by atoms with Crippen LogP contribution in [-0.2, 0) is 21.2 Å². The zero-order valence-corrected chi connectivity index (χ0v) is 17.7. The molecule has 1 saturated carbocycles. The molecule has 0 unspecified atom stereocenters. The fourth-order valence-electron chi connectivity index (χ4n) is 4.28. The maximum atomic E-state index is 12.7. The van der Waals surface area contributed by atoms with Gasteiger partial charge in [0.05, 0.1) is 24.7 Å². The minimum Gasteiger partial charge on any atom is -0.497 e. The zero-order valence-electron chi connectivity index (χ0n) is 16.0. The van der Waals surface area contributed by atoms with Crippen molar-refractivity contribution in [2.45, 2.75) is 49.9 Å². The Balaban J connectivity index is 1.57. The van der Waals surface area contributed by atoms with E-state index < -0.39 is 9.84 Å². The first-order valence-corrected chi connectivity index (χ1v) is 12.5. The average Bonchev–Trinajstić information content (AvgIpc) is 3.15. The molecule has 1 aromatic rings. The summed E-state index contributed by atoms with van der Waals surface area (Å²) in [4.78, 5) is 19.2. The molecule has 1 amide bonds. The minimum absolute atomic E-state index is 0.0221. The molecule has 3 aliphatic rings. The van der Waals surface area contributed by atoms with Crippen molar-refractivity contribution in [2.24, 2.45) is 10.9 Å². The maximum absolute atomic E-state index is 12.7. The van der Waals surface area contributed by atoms with Crippen LogP contribution in [0.5, 0.6) is 5.75 Å². The minimum atomic E-state index is -3.04. The number of ether oxygens (including phenoxy) is 1. The van der Waals surface area contributed by atoms with E-state index in [9.17, 15) is 13.2 Å². The molecule has 1 aromatic carbocycles. The van der Waals surface area contributed by atoms with Crippen LogP contribution in [-0.4, -0.2) is 54.3 Å². The molecular formula is C20H26N2O4S2. The van der Waals surface area contributed by atoms with Crippen LogP contribution in [0.3, 0.4) is 0 Å². The van der Waals surface area contributed by atoms with Crippen molar-refractivity contribution in [3.8, 4) is 5.75 Å². The monoisotopic (exact) mass is 422 g/mol. The van der Waals surface area contributed by atoms with Crippen LogP contribution >= 0.6 is 11.8 Å². The highest BCUT2D eigenvalue weighted by Crippen LogP contribution is 2.39. The predicted molar refractivity (Wildman–Crippen MR) is 111 cm³/mol. The number of amidine groups is 1. The molecule has 6 nitrogen and oxygen atoms in total. The molecule has 0 spiro atoms. The highest BCUT2D eigenvalue weighted by Gasteiger charge is 2.48. The van der Waals surface area contributed by atoms with Gasteiger partial charge in [0.1, 0.15) is 5.75 Å². The number of rotatable bonds is 4. The van der Waals surface area contributed by atoms with E-state index in [1.807, 2.05) is 29.2 Å². The number of amides is 1. The summed E-state index contributed by atoms with van der Waals surface area (Å²) < 4.78 is 29.5. The number of nitrogens with zero attached hydrogens (tertiary/aromatic N) is 2. The van der Waals surface area contributed by atoms with Gasteiger partial charge in [0.25, 0.3) is 5.91 Å². The van der Waals surface area contributed by atoms with Gasteiger partial charge in [-0.1, -0.05) is 43.2 Å². The zero-order chi connectivity index (χ0) is 19.7. The maximum Gasteiger partial charge on any atom is 0.251 e. The number of fused-ring (bicyclic) bond motifs is 1. The van der Waals surface area contributed by atoms with Crippen molar-refractivity contribution in [1.29, 1.82) is 0 Å². The summed E-state index contributed by atoms with van der Waals surface area (Å²) in [6.07, 6.45) is 5.21. The van der Waals surface area contributed by atoms with Crippen LogP contribution in [0.15, 0.2) is 29.3 Å². The lowest BCUT2D eigenvalue weighted by atomic mass is 9.89. The number of benzene rings is 1. The molecule has 2 aliphatic heterocycles.